The molecular formula is C14H17NO4. The smallest absolute Gasteiger partial charge is 0.228 e. The number of hydrogen-bond donors (Lipinski definition) is 0. The summed E-state index contributed by atoms with van der Waals surface area (Å²) in [5, 5.41) is 0. The highest BCUT2D eigenvalue weighted by atomic mass is 16.5. The Morgan fingerprint density at radius 3 is 2.63 bits per heavy atom. The first kappa shape index (κ1) is 13.4. The summed E-state index contributed by atoms with van der Waals surface area (Å²) in [5.41, 5.74) is 0.857. The van der Waals surface area contributed by atoms with Crippen molar-refractivity contribution in [3.05, 3.63) is 23.8 Å². The molecule has 0 bridgehead atoms. The number of β-lactam (4-membered cyclic amide) rings is 1. The highest BCUT2D eigenvalue weighted by Crippen LogP contribution is 2.31. The molecule has 5 nitrogen and oxygen atoms in total. The van der Waals surface area contributed by atoms with Gasteiger partial charge in [-0.2, -0.15) is 0 Å². The first-order valence-electron chi connectivity index (χ1n) is 6.09. The Balaban J connectivity index is 2.19. The van der Waals surface area contributed by atoms with Crippen molar-refractivity contribution in [3.8, 4) is 11.5 Å². The summed E-state index contributed by atoms with van der Waals surface area (Å²) < 4.78 is 10.4. The van der Waals surface area contributed by atoms with Gasteiger partial charge in [0.25, 0.3) is 0 Å². The predicted octanol–water partition coefficient (Wildman–Crippen LogP) is 1.25. The van der Waals surface area contributed by atoms with E-state index in [1.165, 1.54) is 0 Å². The van der Waals surface area contributed by atoms with Gasteiger partial charge in [-0.05, 0) is 12.1 Å². The number of hydrogen-bond acceptors (Lipinski definition) is 4. The molecule has 1 amide bonds. The topological polar surface area (TPSA) is 55.8 Å². The average Bonchev–Trinajstić information content (AvgIpc) is 2.46. The van der Waals surface area contributed by atoms with Crippen LogP contribution in [0.25, 0.3) is 0 Å². The van der Waals surface area contributed by atoms with Gasteiger partial charge < -0.3 is 19.2 Å². The number of carbonyl (C=O) groups excluding carboxylic acids is 2. The van der Waals surface area contributed by atoms with Crippen molar-refractivity contribution in [2.24, 2.45) is 5.92 Å². The SMILES string of the molecule is COc1ccc(CN2C(=O)[C@@H](C)[C@H]2C=O)c(OC)c1. The zero-order chi connectivity index (χ0) is 14.0. The maximum atomic E-state index is 11.8. The first-order chi connectivity index (χ1) is 9.12. The van der Waals surface area contributed by atoms with Crippen LogP contribution in [0.5, 0.6) is 11.5 Å². The Hall–Kier alpha value is -2.04. The summed E-state index contributed by atoms with van der Waals surface area (Å²) >= 11 is 0. The van der Waals surface area contributed by atoms with E-state index in [0.717, 1.165) is 11.8 Å². The molecule has 1 saturated heterocycles. The molecule has 0 radical (unpaired) electrons. The van der Waals surface area contributed by atoms with Crippen LogP contribution < -0.4 is 9.47 Å². The molecule has 0 unspecified atom stereocenters. The molecule has 1 aromatic rings. The highest BCUT2D eigenvalue weighted by molar-refractivity contribution is 5.92. The molecule has 2 atom stereocenters. The number of amides is 1. The number of benzene rings is 1. The van der Waals surface area contributed by atoms with Gasteiger partial charge in [-0.3, -0.25) is 4.79 Å². The van der Waals surface area contributed by atoms with Gasteiger partial charge in [0.05, 0.1) is 32.7 Å². The van der Waals surface area contributed by atoms with Crippen LogP contribution in [0.4, 0.5) is 0 Å². The molecule has 1 aromatic carbocycles. The molecule has 102 valence electrons. The second-order valence-electron chi connectivity index (χ2n) is 4.56. The number of ether oxygens (including phenoxy) is 2. The van der Waals surface area contributed by atoms with E-state index >= 15 is 0 Å². The van der Waals surface area contributed by atoms with Crippen molar-refractivity contribution in [3.63, 3.8) is 0 Å². The van der Waals surface area contributed by atoms with Gasteiger partial charge in [-0.1, -0.05) is 6.92 Å². The predicted molar refractivity (Wildman–Crippen MR) is 69.1 cm³/mol. The van der Waals surface area contributed by atoms with E-state index in [9.17, 15) is 9.59 Å². The summed E-state index contributed by atoms with van der Waals surface area (Å²) in [6, 6.07) is 5.08. The molecule has 1 fully saturated rings. The number of likely N-dealkylation sites (tertiary alicyclic amines) is 1. The molecule has 1 aliphatic heterocycles. The van der Waals surface area contributed by atoms with Gasteiger partial charge in [-0.15, -0.1) is 0 Å². The number of nitrogens with zero attached hydrogens (tertiary/aromatic N) is 1. The van der Waals surface area contributed by atoms with E-state index in [1.807, 2.05) is 12.1 Å². The third-order valence-electron chi connectivity index (χ3n) is 3.52. The Morgan fingerprint density at radius 2 is 2.05 bits per heavy atom. The first-order valence-corrected chi connectivity index (χ1v) is 6.09. The number of methoxy groups -OCH3 is 2. The minimum atomic E-state index is -0.334. The molecule has 2 rings (SSSR count). The zero-order valence-corrected chi connectivity index (χ0v) is 11.3. The fraction of sp³-hybridized carbons (Fsp3) is 0.429. The maximum Gasteiger partial charge on any atom is 0.228 e. The molecule has 1 aliphatic rings. The van der Waals surface area contributed by atoms with Crippen LogP contribution in [-0.2, 0) is 16.1 Å². The minimum absolute atomic E-state index is 0.00466. The molecule has 0 aromatic heterocycles. The number of aldehydes is 1. The Morgan fingerprint density at radius 1 is 1.32 bits per heavy atom. The lowest BCUT2D eigenvalue weighted by atomic mass is 9.89. The van der Waals surface area contributed by atoms with Crippen molar-refractivity contribution < 1.29 is 19.1 Å². The molecule has 0 saturated carbocycles. The van der Waals surface area contributed by atoms with Crippen molar-refractivity contribution in [2.45, 2.75) is 19.5 Å². The number of rotatable bonds is 5. The van der Waals surface area contributed by atoms with E-state index < -0.39 is 0 Å². The Kier molecular flexibility index (Phi) is 3.74. The van der Waals surface area contributed by atoms with E-state index in [0.29, 0.717) is 18.0 Å². The van der Waals surface area contributed by atoms with E-state index in [-0.39, 0.29) is 17.9 Å². The third-order valence-corrected chi connectivity index (χ3v) is 3.52. The van der Waals surface area contributed by atoms with E-state index in [2.05, 4.69) is 0 Å². The lowest BCUT2D eigenvalue weighted by Crippen LogP contribution is -2.59. The van der Waals surface area contributed by atoms with Crippen LogP contribution in [0.15, 0.2) is 18.2 Å². The monoisotopic (exact) mass is 263 g/mol. The van der Waals surface area contributed by atoms with Crippen molar-refractivity contribution in [1.29, 1.82) is 0 Å². The lowest BCUT2D eigenvalue weighted by Gasteiger charge is -2.42. The number of carbonyl (C=O) groups is 2. The molecule has 5 heteroatoms. The summed E-state index contributed by atoms with van der Waals surface area (Å²) in [6.07, 6.45) is 0.821. The average molecular weight is 263 g/mol. The lowest BCUT2D eigenvalue weighted by molar-refractivity contribution is -0.158. The fourth-order valence-corrected chi connectivity index (χ4v) is 2.28. The Bertz CT molecular complexity index is 500. The van der Waals surface area contributed by atoms with Crippen LogP contribution in [0, 0.1) is 5.92 Å². The Labute approximate surface area is 112 Å². The third kappa shape index (κ3) is 2.28. The normalized spacial score (nSPS) is 21.8. The summed E-state index contributed by atoms with van der Waals surface area (Å²) in [6.45, 7) is 2.14. The van der Waals surface area contributed by atoms with Gasteiger partial charge in [0.15, 0.2) is 0 Å². The highest BCUT2D eigenvalue weighted by Gasteiger charge is 2.43. The van der Waals surface area contributed by atoms with Crippen LogP contribution in [0.3, 0.4) is 0 Å². The quantitative estimate of drug-likeness (QED) is 0.592. The largest absolute Gasteiger partial charge is 0.497 e. The molecule has 0 aliphatic carbocycles. The summed E-state index contributed by atoms with van der Waals surface area (Å²) in [4.78, 5) is 24.3. The van der Waals surface area contributed by atoms with Crippen LogP contribution >= 0.6 is 0 Å². The van der Waals surface area contributed by atoms with Crippen molar-refractivity contribution in [1.82, 2.24) is 4.90 Å². The maximum absolute atomic E-state index is 11.8. The molecule has 19 heavy (non-hydrogen) atoms. The van der Waals surface area contributed by atoms with Gasteiger partial charge in [-0.25, -0.2) is 0 Å². The fourth-order valence-electron chi connectivity index (χ4n) is 2.28. The summed E-state index contributed by atoms with van der Waals surface area (Å²) in [7, 11) is 3.15. The van der Waals surface area contributed by atoms with Crippen molar-refractivity contribution in [2.75, 3.05) is 14.2 Å². The minimum Gasteiger partial charge on any atom is -0.497 e. The second kappa shape index (κ2) is 5.30. The van der Waals surface area contributed by atoms with E-state index in [4.69, 9.17) is 9.47 Å². The van der Waals surface area contributed by atoms with Crippen LogP contribution in [0.1, 0.15) is 12.5 Å². The van der Waals surface area contributed by atoms with Crippen LogP contribution in [0.2, 0.25) is 0 Å². The standard InChI is InChI=1S/C14H17NO4/c1-9-12(8-16)15(14(9)17)7-10-4-5-11(18-2)6-13(10)19-3/h4-6,8-9,12H,7H2,1-3H3/t9-,12+/m0/s1. The molecule has 1 heterocycles. The molecule has 0 N–H and O–H groups in total. The summed E-state index contributed by atoms with van der Waals surface area (Å²) in [5.74, 6) is 1.11. The zero-order valence-electron chi connectivity index (χ0n) is 11.3. The van der Waals surface area contributed by atoms with Crippen molar-refractivity contribution >= 4 is 12.2 Å². The van der Waals surface area contributed by atoms with Crippen LogP contribution in [-0.4, -0.2) is 37.4 Å². The molecular weight excluding hydrogens is 246 g/mol. The molecule has 0 spiro atoms. The van der Waals surface area contributed by atoms with E-state index in [1.54, 1.807) is 32.1 Å². The van der Waals surface area contributed by atoms with Gasteiger partial charge in [0.2, 0.25) is 5.91 Å². The van der Waals surface area contributed by atoms with Gasteiger partial charge >= 0.3 is 0 Å². The second-order valence-corrected chi connectivity index (χ2v) is 4.56. The van der Waals surface area contributed by atoms with Gasteiger partial charge in [0, 0.05) is 11.6 Å². The van der Waals surface area contributed by atoms with Gasteiger partial charge in [0.1, 0.15) is 17.8 Å².